The van der Waals surface area contributed by atoms with Crippen LogP contribution in [0.5, 0.6) is 0 Å². The molecular formula is C24H32N2O5. The standard InChI is InChI=1S/C24H32N2O5/c1-6-30-22(31-7-2)16-26(21-13-11-18(12-14-21)17(3)4)24(28)25-20-10-8-9-19(15-20)23(27)29-5/h8-15,17,22H,6-7,16H2,1-5H3,(H,25,28). The predicted octanol–water partition coefficient (Wildman–Crippen LogP) is 5.03. The highest BCUT2D eigenvalue weighted by molar-refractivity contribution is 6.02. The van der Waals surface area contributed by atoms with Crippen LogP contribution in [0.15, 0.2) is 48.5 Å². The minimum atomic E-state index is -0.563. The summed E-state index contributed by atoms with van der Waals surface area (Å²) in [7, 11) is 1.32. The summed E-state index contributed by atoms with van der Waals surface area (Å²) in [5.41, 5.74) is 2.74. The Morgan fingerprint density at radius 3 is 2.19 bits per heavy atom. The predicted molar refractivity (Wildman–Crippen MR) is 122 cm³/mol. The van der Waals surface area contributed by atoms with Gasteiger partial charge < -0.3 is 19.5 Å². The van der Waals surface area contributed by atoms with Gasteiger partial charge in [0.15, 0.2) is 6.29 Å². The number of ether oxygens (including phenoxy) is 3. The van der Waals surface area contributed by atoms with Crippen LogP contribution in [-0.2, 0) is 14.2 Å². The van der Waals surface area contributed by atoms with Gasteiger partial charge >= 0.3 is 12.0 Å². The number of anilines is 2. The van der Waals surface area contributed by atoms with Crippen molar-refractivity contribution in [3.63, 3.8) is 0 Å². The van der Waals surface area contributed by atoms with E-state index in [0.29, 0.717) is 30.4 Å². The van der Waals surface area contributed by atoms with Crippen LogP contribution in [0.3, 0.4) is 0 Å². The van der Waals surface area contributed by atoms with Crippen LogP contribution in [0, 0.1) is 0 Å². The van der Waals surface area contributed by atoms with Gasteiger partial charge in [-0.1, -0.05) is 32.0 Å². The second-order valence-corrected chi connectivity index (χ2v) is 7.20. The van der Waals surface area contributed by atoms with Crippen molar-refractivity contribution < 1.29 is 23.8 Å². The second-order valence-electron chi connectivity index (χ2n) is 7.20. The van der Waals surface area contributed by atoms with E-state index in [2.05, 4.69) is 19.2 Å². The Labute approximate surface area is 184 Å². The Kier molecular flexibility index (Phi) is 9.49. The Balaban J connectivity index is 2.29. The molecule has 0 unspecified atom stereocenters. The zero-order valence-corrected chi connectivity index (χ0v) is 18.9. The smallest absolute Gasteiger partial charge is 0.337 e. The number of rotatable bonds is 10. The number of methoxy groups -OCH3 is 1. The van der Waals surface area contributed by atoms with Crippen molar-refractivity contribution in [3.8, 4) is 0 Å². The molecule has 0 atom stereocenters. The van der Waals surface area contributed by atoms with Gasteiger partial charge in [-0.2, -0.15) is 0 Å². The van der Waals surface area contributed by atoms with Crippen molar-refractivity contribution in [3.05, 3.63) is 59.7 Å². The summed E-state index contributed by atoms with van der Waals surface area (Å²) in [6, 6.07) is 14.1. The normalized spacial score (nSPS) is 10.9. The molecule has 0 fully saturated rings. The number of nitrogens with one attached hydrogen (secondary N) is 1. The van der Waals surface area contributed by atoms with Gasteiger partial charge in [0.2, 0.25) is 0 Å². The van der Waals surface area contributed by atoms with E-state index < -0.39 is 12.3 Å². The maximum atomic E-state index is 13.2. The molecule has 168 valence electrons. The molecule has 1 N–H and O–H groups in total. The Bertz CT molecular complexity index is 845. The maximum Gasteiger partial charge on any atom is 0.337 e. The number of esters is 1. The Morgan fingerprint density at radius 1 is 1.00 bits per heavy atom. The SMILES string of the molecule is CCOC(CN(C(=O)Nc1cccc(C(=O)OC)c1)c1ccc(C(C)C)cc1)OCC. The largest absolute Gasteiger partial charge is 0.465 e. The van der Waals surface area contributed by atoms with Gasteiger partial charge in [-0.15, -0.1) is 0 Å². The lowest BCUT2D eigenvalue weighted by Crippen LogP contribution is -2.42. The zero-order chi connectivity index (χ0) is 22.8. The fourth-order valence-corrected chi connectivity index (χ4v) is 3.05. The molecular weight excluding hydrogens is 396 g/mol. The lowest BCUT2D eigenvalue weighted by atomic mass is 10.0. The van der Waals surface area contributed by atoms with E-state index in [1.54, 1.807) is 29.2 Å². The molecule has 0 spiro atoms. The van der Waals surface area contributed by atoms with Gasteiger partial charge in [0.25, 0.3) is 0 Å². The highest BCUT2D eigenvalue weighted by atomic mass is 16.7. The number of carbonyl (C=O) groups is 2. The minimum absolute atomic E-state index is 0.214. The third-order valence-corrected chi connectivity index (χ3v) is 4.69. The molecule has 7 heteroatoms. The van der Waals surface area contributed by atoms with Crippen molar-refractivity contribution in [1.82, 2.24) is 0 Å². The van der Waals surface area contributed by atoms with E-state index in [0.717, 1.165) is 5.69 Å². The quantitative estimate of drug-likeness (QED) is 0.424. The monoisotopic (exact) mass is 428 g/mol. The third-order valence-electron chi connectivity index (χ3n) is 4.69. The van der Waals surface area contributed by atoms with Crippen LogP contribution >= 0.6 is 0 Å². The Morgan fingerprint density at radius 2 is 1.65 bits per heavy atom. The fraction of sp³-hybridized carbons (Fsp3) is 0.417. The fourth-order valence-electron chi connectivity index (χ4n) is 3.05. The summed E-state index contributed by atoms with van der Waals surface area (Å²) in [6.07, 6.45) is -0.563. The highest BCUT2D eigenvalue weighted by Crippen LogP contribution is 2.22. The summed E-state index contributed by atoms with van der Waals surface area (Å²) in [6.45, 7) is 9.15. The van der Waals surface area contributed by atoms with Crippen LogP contribution in [0.1, 0.15) is 49.5 Å². The molecule has 0 aliphatic carbocycles. The summed E-state index contributed by atoms with van der Waals surface area (Å²) >= 11 is 0. The molecule has 2 rings (SSSR count). The average Bonchev–Trinajstić information content (AvgIpc) is 2.77. The first-order chi connectivity index (χ1) is 14.9. The molecule has 2 aromatic rings. The van der Waals surface area contributed by atoms with Gasteiger partial charge in [-0.25, -0.2) is 9.59 Å². The number of urea groups is 1. The summed E-state index contributed by atoms with van der Waals surface area (Å²) in [4.78, 5) is 26.6. The molecule has 0 aliphatic heterocycles. The second kappa shape index (κ2) is 12.1. The number of hydrogen-bond donors (Lipinski definition) is 1. The van der Waals surface area contributed by atoms with Gasteiger partial charge in [0, 0.05) is 24.6 Å². The molecule has 2 aromatic carbocycles. The summed E-state index contributed by atoms with van der Waals surface area (Å²) in [5, 5.41) is 2.85. The third kappa shape index (κ3) is 7.08. The van der Waals surface area contributed by atoms with Crippen molar-refractivity contribution in [2.24, 2.45) is 0 Å². The highest BCUT2D eigenvalue weighted by Gasteiger charge is 2.22. The molecule has 0 saturated heterocycles. The van der Waals surface area contributed by atoms with Gasteiger partial charge in [0.1, 0.15) is 0 Å². The van der Waals surface area contributed by atoms with Gasteiger partial charge in [0.05, 0.1) is 19.2 Å². The summed E-state index contributed by atoms with van der Waals surface area (Å²) in [5.74, 6) is -0.0815. The first-order valence-corrected chi connectivity index (χ1v) is 10.5. The zero-order valence-electron chi connectivity index (χ0n) is 18.9. The van der Waals surface area contributed by atoms with E-state index >= 15 is 0 Å². The first-order valence-electron chi connectivity index (χ1n) is 10.5. The number of nitrogens with zero attached hydrogens (tertiary/aromatic N) is 1. The van der Waals surface area contributed by atoms with Crippen LogP contribution in [0.4, 0.5) is 16.2 Å². The topological polar surface area (TPSA) is 77.1 Å². The Hall–Kier alpha value is -2.90. The number of hydrogen-bond acceptors (Lipinski definition) is 5. The molecule has 2 amide bonds. The van der Waals surface area contributed by atoms with Crippen LogP contribution in [0.25, 0.3) is 0 Å². The molecule has 0 aromatic heterocycles. The van der Waals surface area contributed by atoms with Crippen LogP contribution in [0.2, 0.25) is 0 Å². The average molecular weight is 429 g/mol. The lowest BCUT2D eigenvalue weighted by Gasteiger charge is -2.28. The maximum absolute atomic E-state index is 13.2. The van der Waals surface area contributed by atoms with E-state index in [4.69, 9.17) is 14.2 Å². The van der Waals surface area contributed by atoms with E-state index in [1.807, 2.05) is 38.1 Å². The minimum Gasteiger partial charge on any atom is -0.465 e. The van der Waals surface area contributed by atoms with E-state index in [9.17, 15) is 9.59 Å². The van der Waals surface area contributed by atoms with Gasteiger partial charge in [-0.05, 0) is 55.7 Å². The van der Waals surface area contributed by atoms with E-state index in [1.165, 1.54) is 12.7 Å². The number of carbonyl (C=O) groups excluding carboxylic acids is 2. The number of benzene rings is 2. The molecule has 31 heavy (non-hydrogen) atoms. The van der Waals surface area contributed by atoms with Crippen LogP contribution in [-0.4, -0.2) is 45.2 Å². The molecule has 0 saturated carbocycles. The first kappa shape index (κ1) is 24.4. The lowest BCUT2D eigenvalue weighted by molar-refractivity contribution is -0.128. The van der Waals surface area contributed by atoms with Crippen LogP contribution < -0.4 is 10.2 Å². The molecule has 0 bridgehead atoms. The van der Waals surface area contributed by atoms with Crippen molar-refractivity contribution >= 4 is 23.4 Å². The van der Waals surface area contributed by atoms with Crippen molar-refractivity contribution in [2.45, 2.75) is 39.9 Å². The number of amides is 2. The molecule has 0 radical (unpaired) electrons. The van der Waals surface area contributed by atoms with E-state index in [-0.39, 0.29) is 12.6 Å². The van der Waals surface area contributed by atoms with Crippen molar-refractivity contribution in [1.29, 1.82) is 0 Å². The molecule has 0 heterocycles. The summed E-state index contributed by atoms with van der Waals surface area (Å²) < 4.78 is 16.1. The molecule has 7 nitrogen and oxygen atoms in total. The van der Waals surface area contributed by atoms with Gasteiger partial charge in [-0.3, -0.25) is 4.90 Å². The van der Waals surface area contributed by atoms with Crippen molar-refractivity contribution in [2.75, 3.05) is 37.1 Å². The molecule has 0 aliphatic rings.